The van der Waals surface area contributed by atoms with Crippen LogP contribution in [0.4, 0.5) is 4.79 Å². The Morgan fingerprint density at radius 2 is 1.67 bits per heavy atom. The predicted octanol–water partition coefficient (Wildman–Crippen LogP) is 9.06. The van der Waals surface area contributed by atoms with Gasteiger partial charge in [-0.1, -0.05) is 83.0 Å². The Kier molecular flexibility index (Phi) is 14.0. The maximum absolute atomic E-state index is 12.5. The van der Waals surface area contributed by atoms with Crippen molar-refractivity contribution in [1.29, 1.82) is 0 Å². The zero-order chi connectivity index (χ0) is 32.9. The van der Waals surface area contributed by atoms with E-state index in [4.69, 9.17) is 23.4 Å². The molecule has 7 nitrogen and oxygen atoms in total. The third-order valence-electron chi connectivity index (χ3n) is 10.6. The van der Waals surface area contributed by atoms with E-state index in [0.29, 0.717) is 17.8 Å². The van der Waals surface area contributed by atoms with Crippen molar-refractivity contribution in [1.82, 2.24) is 0 Å². The van der Waals surface area contributed by atoms with Crippen LogP contribution < -0.4 is 4.74 Å². The highest BCUT2D eigenvalue weighted by Gasteiger charge is 2.48. The molecule has 254 valence electrons. The molecule has 46 heavy (non-hydrogen) atoms. The van der Waals surface area contributed by atoms with Gasteiger partial charge < -0.3 is 23.4 Å². The van der Waals surface area contributed by atoms with Gasteiger partial charge in [-0.05, 0) is 104 Å². The highest BCUT2D eigenvalue weighted by molar-refractivity contribution is 6.73. The molecule has 1 saturated carbocycles. The quantitative estimate of drug-likeness (QED) is 0.0903. The molecule has 2 aromatic rings. The van der Waals surface area contributed by atoms with E-state index >= 15 is 0 Å². The number of hydrogen-bond acceptors (Lipinski definition) is 7. The normalized spacial score (nSPS) is 21.2. The number of esters is 1. The molecular weight excluding hydrogens is 596 g/mol. The summed E-state index contributed by atoms with van der Waals surface area (Å²) >= 11 is 0. The second-order valence-corrected chi connectivity index (χ2v) is 18.0. The van der Waals surface area contributed by atoms with E-state index in [0.717, 1.165) is 87.2 Å². The first-order chi connectivity index (χ1) is 22.3. The first-order valence-electron chi connectivity index (χ1n) is 17.7. The fourth-order valence-electron chi connectivity index (χ4n) is 7.73. The van der Waals surface area contributed by atoms with Crippen molar-refractivity contribution in [2.45, 2.75) is 122 Å². The van der Waals surface area contributed by atoms with Crippen LogP contribution in [0.2, 0.25) is 18.1 Å². The molecule has 1 fully saturated rings. The van der Waals surface area contributed by atoms with Crippen molar-refractivity contribution in [2.75, 3.05) is 13.7 Å². The highest BCUT2D eigenvalue weighted by atomic mass is 28.4. The fourth-order valence-corrected chi connectivity index (χ4v) is 10.6. The number of benzene rings is 2. The molecule has 0 aromatic heterocycles. The van der Waals surface area contributed by atoms with Crippen molar-refractivity contribution >= 4 is 20.4 Å². The summed E-state index contributed by atoms with van der Waals surface area (Å²) < 4.78 is 29.5. The molecule has 1 unspecified atom stereocenters. The lowest BCUT2D eigenvalue weighted by Gasteiger charge is -2.36. The second-order valence-electron chi connectivity index (χ2n) is 13.2. The largest absolute Gasteiger partial charge is 0.508 e. The lowest BCUT2D eigenvalue weighted by molar-refractivity contribution is -0.147. The zero-order valence-electron chi connectivity index (χ0n) is 28.8. The number of carbonyl (C=O) groups is 2. The molecule has 2 aliphatic carbocycles. The van der Waals surface area contributed by atoms with Gasteiger partial charge in [0, 0.05) is 6.10 Å². The molecule has 2 aliphatic rings. The van der Waals surface area contributed by atoms with Gasteiger partial charge in [-0.15, -0.1) is 0 Å². The number of hydrogen-bond donors (Lipinski definition) is 0. The van der Waals surface area contributed by atoms with Crippen molar-refractivity contribution in [2.24, 2.45) is 17.8 Å². The van der Waals surface area contributed by atoms with Crippen molar-refractivity contribution in [3.63, 3.8) is 0 Å². The molecule has 8 heteroatoms. The molecule has 0 radical (unpaired) electrons. The predicted molar refractivity (Wildman–Crippen MR) is 183 cm³/mol. The van der Waals surface area contributed by atoms with Crippen LogP contribution in [-0.4, -0.2) is 46.4 Å². The Hall–Kier alpha value is -2.84. The van der Waals surface area contributed by atoms with Crippen LogP contribution in [0.15, 0.2) is 48.5 Å². The first-order valence-corrected chi connectivity index (χ1v) is 20.2. The summed E-state index contributed by atoms with van der Waals surface area (Å²) in [6.45, 7) is 9.22. The van der Waals surface area contributed by atoms with Crippen LogP contribution in [0, 0.1) is 17.8 Å². The lowest BCUT2D eigenvalue weighted by atomic mass is 9.73. The van der Waals surface area contributed by atoms with Crippen LogP contribution in [0.1, 0.15) is 89.3 Å². The summed E-state index contributed by atoms with van der Waals surface area (Å²) in [5, 5.41) is 0. The van der Waals surface area contributed by atoms with E-state index < -0.39 is 14.5 Å². The van der Waals surface area contributed by atoms with Gasteiger partial charge in [0.1, 0.15) is 18.5 Å². The minimum atomic E-state index is -1.83. The maximum Gasteiger partial charge on any atom is 0.508 e. The molecule has 5 atom stereocenters. The third kappa shape index (κ3) is 9.60. The molecule has 0 aliphatic heterocycles. The summed E-state index contributed by atoms with van der Waals surface area (Å²) in [6, 6.07) is 19.3. The van der Waals surface area contributed by atoms with Crippen molar-refractivity contribution in [3.05, 3.63) is 65.2 Å². The van der Waals surface area contributed by atoms with Gasteiger partial charge in [0.25, 0.3) is 0 Å². The number of unbranched alkanes of at least 4 members (excludes halogenated alkanes) is 2. The highest BCUT2D eigenvalue weighted by Crippen LogP contribution is 2.50. The maximum atomic E-state index is 12.5. The number of rotatable bonds is 18. The van der Waals surface area contributed by atoms with Crippen molar-refractivity contribution in [3.8, 4) is 5.75 Å². The lowest BCUT2D eigenvalue weighted by Crippen LogP contribution is -2.42. The third-order valence-corrected chi connectivity index (χ3v) is 15.3. The van der Waals surface area contributed by atoms with E-state index in [2.05, 4.69) is 33.8 Å². The summed E-state index contributed by atoms with van der Waals surface area (Å²) in [5.41, 5.74) is 3.48. The van der Waals surface area contributed by atoms with E-state index in [1.54, 1.807) is 0 Å². The number of carbonyl (C=O) groups excluding carboxylic acids is 2. The molecule has 0 heterocycles. The Labute approximate surface area is 277 Å². The Morgan fingerprint density at radius 3 is 2.37 bits per heavy atom. The Morgan fingerprint density at radius 1 is 0.913 bits per heavy atom. The van der Waals surface area contributed by atoms with Crippen LogP contribution >= 0.6 is 0 Å². The van der Waals surface area contributed by atoms with E-state index in [1.807, 2.05) is 42.5 Å². The van der Waals surface area contributed by atoms with Crippen LogP contribution in [0.3, 0.4) is 0 Å². The van der Waals surface area contributed by atoms with E-state index in [-0.39, 0.29) is 31.4 Å². The molecule has 0 spiro atoms. The number of methoxy groups -OCH3 is 1. The van der Waals surface area contributed by atoms with Crippen LogP contribution in [-0.2, 0) is 42.9 Å². The minimum Gasteiger partial charge on any atom is -0.482 e. The first kappa shape index (κ1) is 36.0. The van der Waals surface area contributed by atoms with Crippen LogP contribution in [0.5, 0.6) is 5.75 Å². The van der Waals surface area contributed by atoms with Gasteiger partial charge in [0.05, 0.1) is 7.11 Å². The number of ether oxygens (including phenoxy) is 4. The fraction of sp³-hybridized carbons (Fsp3) is 0.632. The van der Waals surface area contributed by atoms with Gasteiger partial charge in [0.2, 0.25) is 0 Å². The van der Waals surface area contributed by atoms with Crippen LogP contribution in [0.25, 0.3) is 0 Å². The second kappa shape index (κ2) is 17.9. The summed E-state index contributed by atoms with van der Waals surface area (Å²) in [6.07, 6.45) is 8.38. The monoisotopic (exact) mass is 652 g/mol. The molecular formula is C38H56O7Si. The Balaban J connectivity index is 1.48. The van der Waals surface area contributed by atoms with Gasteiger partial charge in [-0.3, -0.25) is 0 Å². The average molecular weight is 653 g/mol. The number of fused-ring (bicyclic) bond motifs is 2. The zero-order valence-corrected chi connectivity index (χ0v) is 29.8. The van der Waals surface area contributed by atoms with Crippen molar-refractivity contribution < 1.29 is 33.0 Å². The summed E-state index contributed by atoms with van der Waals surface area (Å²) in [4.78, 5) is 24.7. The Bertz CT molecular complexity index is 1220. The van der Waals surface area contributed by atoms with E-state index in [1.165, 1.54) is 18.2 Å². The van der Waals surface area contributed by atoms with E-state index in [9.17, 15) is 9.59 Å². The SMILES string of the molecule is CCCCC[C@@H](CC[C@H]1C(O[Si](CC)(CC)CC)C[C@@H]2Cc3c(cccc3OCC(=O)OCc3ccccc3)C[C@@H]21)OC(=O)OC. The average Bonchev–Trinajstić information content (AvgIpc) is 3.42. The molecule has 0 bridgehead atoms. The molecule has 4 rings (SSSR count). The molecule has 0 amide bonds. The standard InChI is InChI=1S/C38H56O7Si/c1-6-10-12-19-31(44-38(40)41-5)21-22-32-33-23-29-18-15-20-35(42-27-37(39)43-26-28-16-13-11-14-17-28)34(29)24-30(33)25-36(32)45-46(7-2,8-3)9-4/h11,13-18,20,30-33,36H,6-10,12,19,21-27H2,1-5H3/t30-,31-,32+,33-,36?/m0/s1. The van der Waals surface area contributed by atoms with Gasteiger partial charge in [-0.25, -0.2) is 9.59 Å². The molecule has 0 N–H and O–H groups in total. The van der Waals surface area contributed by atoms with Gasteiger partial charge >= 0.3 is 12.1 Å². The topological polar surface area (TPSA) is 80.3 Å². The van der Waals surface area contributed by atoms with Gasteiger partial charge in [0.15, 0.2) is 14.9 Å². The minimum absolute atomic E-state index is 0.108. The van der Waals surface area contributed by atoms with Gasteiger partial charge in [-0.2, -0.15) is 0 Å². The smallest absolute Gasteiger partial charge is 0.482 e. The molecule has 2 aromatic carbocycles. The molecule has 0 saturated heterocycles. The summed E-state index contributed by atoms with van der Waals surface area (Å²) in [7, 11) is -0.451. The summed E-state index contributed by atoms with van der Waals surface area (Å²) in [5.74, 6) is 1.80.